The summed E-state index contributed by atoms with van der Waals surface area (Å²) in [4.78, 5) is 0. The highest BCUT2D eigenvalue weighted by atomic mass is 15.3. The van der Waals surface area contributed by atoms with Crippen LogP contribution >= 0.6 is 0 Å². The minimum absolute atomic E-state index is 0.456. The average molecular weight is 200 g/mol. The first-order valence-corrected chi connectivity index (χ1v) is 6.16. The lowest BCUT2D eigenvalue weighted by Gasteiger charge is -2.39. The van der Waals surface area contributed by atoms with Gasteiger partial charge in [-0.2, -0.15) is 0 Å². The van der Waals surface area contributed by atoms with Gasteiger partial charge in [-0.15, -0.1) is 0 Å². The number of nitrogens with zero attached hydrogens (tertiary/aromatic N) is 1. The molecule has 0 rings (SSSR count). The molecule has 0 N–H and O–H groups in total. The highest BCUT2D eigenvalue weighted by Crippen LogP contribution is 2.20. The first-order valence-electron chi connectivity index (χ1n) is 6.16. The maximum atomic E-state index is 2.42. The standard InChI is InChI=1S/C13H30N/c1-7-9-11-14(6,10-8-2)12-13(3,4)5/h7-12H2,1-6H3/q+1. The van der Waals surface area contributed by atoms with Crippen molar-refractivity contribution in [1.29, 1.82) is 0 Å². The van der Waals surface area contributed by atoms with Gasteiger partial charge in [-0.3, -0.25) is 0 Å². The van der Waals surface area contributed by atoms with E-state index in [0.29, 0.717) is 5.41 Å². The monoisotopic (exact) mass is 200 g/mol. The van der Waals surface area contributed by atoms with Crippen molar-refractivity contribution in [1.82, 2.24) is 0 Å². The molecule has 1 atom stereocenters. The Morgan fingerprint density at radius 2 is 1.50 bits per heavy atom. The highest BCUT2D eigenvalue weighted by Gasteiger charge is 2.27. The van der Waals surface area contributed by atoms with Crippen LogP contribution in [0.3, 0.4) is 0 Å². The number of rotatable bonds is 6. The first-order chi connectivity index (χ1) is 6.33. The van der Waals surface area contributed by atoms with Crippen LogP contribution in [0.15, 0.2) is 0 Å². The third kappa shape index (κ3) is 6.42. The minimum atomic E-state index is 0.456. The Labute approximate surface area is 91.1 Å². The van der Waals surface area contributed by atoms with Crippen LogP contribution in [0.1, 0.15) is 53.9 Å². The Bertz CT molecular complexity index is 146. The first kappa shape index (κ1) is 14.0. The molecule has 0 heterocycles. The predicted octanol–water partition coefficient (Wildman–Crippen LogP) is 3.69. The number of quaternary nitrogens is 1. The summed E-state index contributed by atoms with van der Waals surface area (Å²) < 4.78 is 1.26. The highest BCUT2D eigenvalue weighted by molar-refractivity contribution is 4.60. The van der Waals surface area contributed by atoms with Crippen molar-refractivity contribution in [2.75, 3.05) is 26.7 Å². The molecule has 1 heteroatoms. The van der Waals surface area contributed by atoms with Gasteiger partial charge in [0.25, 0.3) is 0 Å². The van der Waals surface area contributed by atoms with E-state index in [4.69, 9.17) is 0 Å². The van der Waals surface area contributed by atoms with E-state index in [1.807, 2.05) is 0 Å². The van der Waals surface area contributed by atoms with Crippen molar-refractivity contribution in [2.24, 2.45) is 5.41 Å². The fourth-order valence-corrected chi connectivity index (χ4v) is 2.49. The summed E-state index contributed by atoms with van der Waals surface area (Å²) in [5, 5.41) is 0. The van der Waals surface area contributed by atoms with Gasteiger partial charge in [-0.1, -0.05) is 41.0 Å². The smallest absolute Gasteiger partial charge is 0.0833 e. The molecule has 0 aromatic carbocycles. The summed E-state index contributed by atoms with van der Waals surface area (Å²) >= 11 is 0. The molecule has 0 saturated heterocycles. The van der Waals surface area contributed by atoms with Crippen LogP contribution < -0.4 is 0 Å². The largest absolute Gasteiger partial charge is 0.326 e. The van der Waals surface area contributed by atoms with E-state index in [1.165, 1.54) is 43.4 Å². The predicted molar refractivity (Wildman–Crippen MR) is 65.4 cm³/mol. The van der Waals surface area contributed by atoms with Crippen molar-refractivity contribution in [3.8, 4) is 0 Å². The van der Waals surface area contributed by atoms with E-state index in [1.54, 1.807) is 0 Å². The third-order valence-electron chi connectivity index (χ3n) is 2.67. The number of hydrogen-bond donors (Lipinski definition) is 0. The van der Waals surface area contributed by atoms with Gasteiger partial charge in [-0.25, -0.2) is 0 Å². The van der Waals surface area contributed by atoms with Gasteiger partial charge in [0.15, 0.2) is 0 Å². The lowest BCUT2D eigenvalue weighted by atomic mass is 9.94. The van der Waals surface area contributed by atoms with Gasteiger partial charge >= 0.3 is 0 Å². The lowest BCUT2D eigenvalue weighted by molar-refractivity contribution is -0.915. The molecule has 14 heavy (non-hydrogen) atoms. The van der Waals surface area contributed by atoms with Gasteiger partial charge in [0.05, 0.1) is 26.7 Å². The molecule has 0 aliphatic carbocycles. The zero-order valence-corrected chi connectivity index (χ0v) is 11.2. The topological polar surface area (TPSA) is 0 Å². The van der Waals surface area contributed by atoms with Gasteiger partial charge < -0.3 is 4.48 Å². The second kappa shape index (κ2) is 5.75. The average Bonchev–Trinajstić information content (AvgIpc) is 1.98. The molecular weight excluding hydrogens is 170 g/mol. The van der Waals surface area contributed by atoms with Crippen LogP contribution in [-0.4, -0.2) is 31.2 Å². The van der Waals surface area contributed by atoms with Crippen molar-refractivity contribution < 1.29 is 4.48 Å². The molecule has 0 fully saturated rings. The molecule has 0 saturated carbocycles. The van der Waals surface area contributed by atoms with E-state index in [9.17, 15) is 0 Å². The van der Waals surface area contributed by atoms with Crippen LogP contribution in [0.4, 0.5) is 0 Å². The molecule has 0 bridgehead atoms. The van der Waals surface area contributed by atoms with E-state index in [0.717, 1.165) is 0 Å². The summed E-state index contributed by atoms with van der Waals surface area (Å²) in [5.41, 5.74) is 0.456. The van der Waals surface area contributed by atoms with Gasteiger partial charge in [-0.05, 0) is 12.8 Å². The molecule has 0 aromatic heterocycles. The van der Waals surface area contributed by atoms with Crippen molar-refractivity contribution in [2.45, 2.75) is 53.9 Å². The molecule has 0 aliphatic heterocycles. The summed E-state index contributed by atoms with van der Waals surface area (Å²) in [6.07, 6.45) is 3.99. The zero-order valence-electron chi connectivity index (χ0n) is 11.2. The fourth-order valence-electron chi connectivity index (χ4n) is 2.49. The van der Waals surface area contributed by atoms with E-state index in [2.05, 4.69) is 41.7 Å². The summed E-state index contributed by atoms with van der Waals surface area (Å²) in [7, 11) is 2.42. The number of hydrogen-bond acceptors (Lipinski definition) is 0. The SMILES string of the molecule is CCCC[N+](C)(CCC)CC(C)(C)C. The molecule has 0 spiro atoms. The van der Waals surface area contributed by atoms with Crippen LogP contribution in [0.2, 0.25) is 0 Å². The van der Waals surface area contributed by atoms with E-state index < -0.39 is 0 Å². The van der Waals surface area contributed by atoms with Crippen LogP contribution in [-0.2, 0) is 0 Å². The van der Waals surface area contributed by atoms with E-state index >= 15 is 0 Å². The number of unbranched alkanes of at least 4 members (excludes halogenated alkanes) is 1. The molecular formula is C13H30N+. The Kier molecular flexibility index (Phi) is 5.73. The molecule has 0 radical (unpaired) electrons. The van der Waals surface area contributed by atoms with Crippen molar-refractivity contribution in [3.05, 3.63) is 0 Å². The fraction of sp³-hybridized carbons (Fsp3) is 1.00. The Morgan fingerprint density at radius 1 is 0.929 bits per heavy atom. The van der Waals surface area contributed by atoms with E-state index in [-0.39, 0.29) is 0 Å². The summed E-state index contributed by atoms with van der Waals surface area (Å²) in [6, 6.07) is 0. The third-order valence-corrected chi connectivity index (χ3v) is 2.67. The molecule has 1 nitrogen and oxygen atoms in total. The second-order valence-corrected chi connectivity index (χ2v) is 6.14. The minimum Gasteiger partial charge on any atom is -0.326 e. The normalized spacial score (nSPS) is 16.7. The van der Waals surface area contributed by atoms with Crippen LogP contribution in [0.25, 0.3) is 0 Å². The molecule has 1 unspecified atom stereocenters. The Hall–Kier alpha value is -0.0400. The van der Waals surface area contributed by atoms with Gasteiger partial charge in [0, 0.05) is 5.41 Å². The summed E-state index contributed by atoms with van der Waals surface area (Å²) in [5.74, 6) is 0. The zero-order chi connectivity index (χ0) is 11.2. The Morgan fingerprint density at radius 3 is 1.86 bits per heavy atom. The molecule has 0 aromatic rings. The maximum Gasteiger partial charge on any atom is 0.0833 e. The quantitative estimate of drug-likeness (QED) is 0.574. The molecule has 0 amide bonds. The molecule has 0 aliphatic rings. The van der Waals surface area contributed by atoms with Gasteiger partial charge in [0.1, 0.15) is 0 Å². The van der Waals surface area contributed by atoms with Crippen molar-refractivity contribution >= 4 is 0 Å². The second-order valence-electron chi connectivity index (χ2n) is 6.14. The maximum absolute atomic E-state index is 2.42. The van der Waals surface area contributed by atoms with Gasteiger partial charge in [0.2, 0.25) is 0 Å². The molecule has 86 valence electrons. The van der Waals surface area contributed by atoms with Crippen LogP contribution in [0.5, 0.6) is 0 Å². The lowest BCUT2D eigenvalue weighted by Crippen LogP contribution is -2.50. The van der Waals surface area contributed by atoms with Crippen molar-refractivity contribution in [3.63, 3.8) is 0 Å². The van der Waals surface area contributed by atoms with Crippen LogP contribution in [0, 0.1) is 5.41 Å². The Balaban J connectivity index is 4.23. The summed E-state index contributed by atoms with van der Waals surface area (Å²) in [6.45, 7) is 15.6.